The van der Waals surface area contributed by atoms with Crippen molar-refractivity contribution in [1.29, 1.82) is 0 Å². The number of alkyl halides is 2. The quantitative estimate of drug-likeness (QED) is 0.775. The van der Waals surface area contributed by atoms with Crippen LogP contribution in [-0.4, -0.2) is 18.0 Å². The number of hydrogen-bond acceptors (Lipinski definition) is 2. The first-order chi connectivity index (χ1) is 7.27. The lowest BCUT2D eigenvalue weighted by Crippen LogP contribution is -2.07. The van der Waals surface area contributed by atoms with Gasteiger partial charge in [0.15, 0.2) is 0 Å². The van der Waals surface area contributed by atoms with E-state index in [1.165, 1.54) is 0 Å². The van der Waals surface area contributed by atoms with Crippen molar-refractivity contribution < 1.29 is 13.5 Å². The van der Waals surface area contributed by atoms with E-state index in [1.807, 2.05) is 18.2 Å². The van der Waals surface area contributed by atoms with Gasteiger partial charge in [0.2, 0.25) is 0 Å². The van der Waals surface area contributed by atoms with Crippen LogP contribution >= 0.6 is 0 Å². The monoisotopic (exact) mass is 209 g/mol. The summed E-state index contributed by atoms with van der Waals surface area (Å²) in [6.45, 7) is -0.589. The highest BCUT2D eigenvalue weighted by molar-refractivity contribution is 5.84. The minimum atomic E-state index is -2.46. The van der Waals surface area contributed by atoms with Crippen molar-refractivity contribution in [3.8, 4) is 5.75 Å². The third kappa shape index (κ3) is 2.21. The minimum Gasteiger partial charge on any atom is -0.487 e. The summed E-state index contributed by atoms with van der Waals surface area (Å²) in [5, 5.41) is 0.751. The molecule has 1 aromatic carbocycles. The summed E-state index contributed by atoms with van der Waals surface area (Å²) in [5.74, 6) is 0.445. The molecule has 2 rings (SSSR count). The van der Waals surface area contributed by atoms with Gasteiger partial charge in [-0.2, -0.15) is 0 Å². The number of para-hydroxylation sites is 1. The number of pyridine rings is 1. The molecular weight excluding hydrogens is 200 g/mol. The van der Waals surface area contributed by atoms with E-state index in [0.29, 0.717) is 5.75 Å². The number of fused-ring (bicyclic) bond motifs is 1. The first kappa shape index (κ1) is 9.83. The molecule has 78 valence electrons. The van der Waals surface area contributed by atoms with Gasteiger partial charge in [0, 0.05) is 11.6 Å². The number of halogens is 2. The molecule has 2 nitrogen and oxygen atoms in total. The van der Waals surface area contributed by atoms with Crippen molar-refractivity contribution in [2.24, 2.45) is 0 Å². The van der Waals surface area contributed by atoms with Gasteiger partial charge >= 0.3 is 0 Å². The van der Waals surface area contributed by atoms with E-state index in [1.54, 1.807) is 18.3 Å². The van der Waals surface area contributed by atoms with Crippen molar-refractivity contribution in [2.45, 2.75) is 6.43 Å². The summed E-state index contributed by atoms with van der Waals surface area (Å²) < 4.78 is 29.0. The Morgan fingerprint density at radius 3 is 2.80 bits per heavy atom. The predicted molar refractivity (Wildman–Crippen MR) is 53.2 cm³/mol. The molecule has 0 spiro atoms. The average molecular weight is 209 g/mol. The summed E-state index contributed by atoms with van der Waals surface area (Å²) >= 11 is 0. The van der Waals surface area contributed by atoms with Crippen LogP contribution in [0.1, 0.15) is 0 Å². The van der Waals surface area contributed by atoms with Gasteiger partial charge in [-0.15, -0.1) is 0 Å². The number of nitrogens with zero attached hydrogens (tertiary/aromatic N) is 1. The largest absolute Gasteiger partial charge is 0.487 e. The molecule has 0 atom stereocenters. The summed E-state index contributed by atoms with van der Waals surface area (Å²) in [5.41, 5.74) is 0.740. The fourth-order valence-corrected chi connectivity index (χ4v) is 1.35. The highest BCUT2D eigenvalue weighted by atomic mass is 19.3. The summed E-state index contributed by atoms with van der Waals surface area (Å²) in [7, 11) is 0. The van der Waals surface area contributed by atoms with E-state index >= 15 is 0 Å². The molecule has 1 aromatic heterocycles. The Hall–Kier alpha value is -1.71. The molecule has 0 radical (unpaired) electrons. The van der Waals surface area contributed by atoms with Crippen LogP contribution in [0.3, 0.4) is 0 Å². The number of ether oxygens (including phenoxy) is 1. The zero-order chi connectivity index (χ0) is 10.7. The molecule has 4 heteroatoms. The summed E-state index contributed by atoms with van der Waals surface area (Å²) in [6, 6.07) is 8.85. The van der Waals surface area contributed by atoms with Crippen LogP contribution in [0, 0.1) is 0 Å². The second kappa shape index (κ2) is 4.21. The van der Waals surface area contributed by atoms with Crippen molar-refractivity contribution in [3.63, 3.8) is 0 Å². The Labute approximate surface area is 85.5 Å². The maximum absolute atomic E-state index is 12.0. The molecule has 0 fully saturated rings. The van der Waals surface area contributed by atoms with Crippen molar-refractivity contribution in [1.82, 2.24) is 4.98 Å². The second-order valence-corrected chi connectivity index (χ2v) is 3.03. The third-order valence-corrected chi connectivity index (χ3v) is 1.97. The van der Waals surface area contributed by atoms with E-state index in [2.05, 4.69) is 4.98 Å². The van der Waals surface area contributed by atoms with Crippen LogP contribution in [-0.2, 0) is 0 Å². The molecule has 2 aromatic rings. The molecule has 0 saturated heterocycles. The van der Waals surface area contributed by atoms with Crippen LogP contribution in [0.2, 0.25) is 0 Å². The number of hydrogen-bond donors (Lipinski definition) is 0. The second-order valence-electron chi connectivity index (χ2n) is 3.03. The van der Waals surface area contributed by atoms with Crippen molar-refractivity contribution in [2.75, 3.05) is 6.61 Å². The average Bonchev–Trinajstić information content (AvgIpc) is 2.26. The summed E-state index contributed by atoms with van der Waals surface area (Å²) in [4.78, 5) is 4.10. The van der Waals surface area contributed by atoms with Crippen LogP contribution in [0.5, 0.6) is 5.75 Å². The predicted octanol–water partition coefficient (Wildman–Crippen LogP) is 2.88. The molecule has 0 aliphatic carbocycles. The van der Waals surface area contributed by atoms with Crippen LogP contribution in [0.15, 0.2) is 36.5 Å². The highest BCUT2D eigenvalue weighted by Gasteiger charge is 2.06. The topological polar surface area (TPSA) is 22.1 Å². The molecule has 0 saturated carbocycles. The van der Waals surface area contributed by atoms with Gasteiger partial charge in [0.05, 0.1) is 5.52 Å². The molecule has 0 unspecified atom stereocenters. The molecular formula is C11H9F2NO. The van der Waals surface area contributed by atoms with Crippen LogP contribution in [0.4, 0.5) is 8.78 Å². The maximum Gasteiger partial charge on any atom is 0.272 e. The van der Waals surface area contributed by atoms with E-state index < -0.39 is 13.0 Å². The number of rotatable bonds is 3. The van der Waals surface area contributed by atoms with Gasteiger partial charge in [-0.05, 0) is 18.2 Å². The fourth-order valence-electron chi connectivity index (χ4n) is 1.35. The highest BCUT2D eigenvalue weighted by Crippen LogP contribution is 2.23. The molecule has 0 N–H and O–H groups in total. The van der Waals surface area contributed by atoms with Gasteiger partial charge in [-0.3, -0.25) is 4.98 Å². The van der Waals surface area contributed by atoms with E-state index in [9.17, 15) is 8.78 Å². The van der Waals surface area contributed by atoms with Gasteiger partial charge in [-0.25, -0.2) is 8.78 Å². The van der Waals surface area contributed by atoms with Crippen molar-refractivity contribution >= 4 is 10.9 Å². The van der Waals surface area contributed by atoms with Crippen molar-refractivity contribution in [3.05, 3.63) is 36.5 Å². The lowest BCUT2D eigenvalue weighted by molar-refractivity contribution is 0.0826. The normalized spacial score (nSPS) is 10.9. The number of aromatic nitrogens is 1. The zero-order valence-corrected chi connectivity index (χ0v) is 7.86. The first-order valence-electron chi connectivity index (χ1n) is 4.52. The Morgan fingerprint density at radius 1 is 1.20 bits per heavy atom. The molecule has 1 heterocycles. The smallest absolute Gasteiger partial charge is 0.272 e. The number of benzene rings is 1. The molecule has 0 aliphatic rings. The Kier molecular flexibility index (Phi) is 2.76. The van der Waals surface area contributed by atoms with Gasteiger partial charge in [0.1, 0.15) is 12.4 Å². The Balaban J connectivity index is 2.34. The van der Waals surface area contributed by atoms with Gasteiger partial charge < -0.3 is 4.74 Å². The van der Waals surface area contributed by atoms with Crippen LogP contribution < -0.4 is 4.74 Å². The maximum atomic E-state index is 12.0. The van der Waals surface area contributed by atoms with Gasteiger partial charge in [0.25, 0.3) is 6.43 Å². The lowest BCUT2D eigenvalue weighted by atomic mass is 10.2. The Morgan fingerprint density at radius 2 is 2.00 bits per heavy atom. The zero-order valence-electron chi connectivity index (χ0n) is 7.86. The molecule has 0 amide bonds. The summed E-state index contributed by atoms with van der Waals surface area (Å²) in [6.07, 6.45) is -0.916. The Bertz CT molecular complexity index is 454. The molecule has 0 aliphatic heterocycles. The first-order valence-corrected chi connectivity index (χ1v) is 4.52. The van der Waals surface area contributed by atoms with Gasteiger partial charge in [-0.1, -0.05) is 12.1 Å². The third-order valence-electron chi connectivity index (χ3n) is 1.97. The molecule has 0 bridgehead atoms. The van der Waals surface area contributed by atoms with E-state index in [4.69, 9.17) is 4.74 Å². The SMILES string of the molecule is FC(F)COc1ccnc2ccccc12. The van der Waals surface area contributed by atoms with E-state index in [-0.39, 0.29) is 0 Å². The fraction of sp³-hybridized carbons (Fsp3) is 0.182. The van der Waals surface area contributed by atoms with Crippen LogP contribution in [0.25, 0.3) is 10.9 Å². The standard InChI is InChI=1S/C11H9F2NO/c12-11(13)7-15-10-5-6-14-9-4-2-1-3-8(9)10/h1-6,11H,7H2. The molecule has 15 heavy (non-hydrogen) atoms. The minimum absolute atomic E-state index is 0.445. The lowest BCUT2D eigenvalue weighted by Gasteiger charge is -2.07. The van der Waals surface area contributed by atoms with E-state index in [0.717, 1.165) is 10.9 Å².